The first kappa shape index (κ1) is 14.7. The summed E-state index contributed by atoms with van der Waals surface area (Å²) < 4.78 is 15.3. The third kappa shape index (κ3) is 2.91. The van der Waals surface area contributed by atoms with Crippen molar-refractivity contribution in [2.75, 3.05) is 21.3 Å². The predicted octanol–water partition coefficient (Wildman–Crippen LogP) is 2.65. The molecule has 0 aliphatic rings. The molecule has 0 aliphatic carbocycles. The van der Waals surface area contributed by atoms with E-state index >= 15 is 0 Å². The molecule has 0 aromatic heterocycles. The Bertz CT molecular complexity index is 664. The van der Waals surface area contributed by atoms with Crippen LogP contribution in [0.15, 0.2) is 36.4 Å². The van der Waals surface area contributed by atoms with E-state index in [9.17, 15) is 9.90 Å². The maximum atomic E-state index is 12.6. The molecule has 2 aromatic rings. The monoisotopic (exact) mass is 288 g/mol. The van der Waals surface area contributed by atoms with Gasteiger partial charge in [0.1, 0.15) is 23.0 Å². The molecule has 0 bridgehead atoms. The SMILES string of the molecule is COc1ccc(C(=O)c2cc(OC)ccc2OC)c(O)c1. The molecule has 0 fully saturated rings. The van der Waals surface area contributed by atoms with Crippen LogP contribution in [0.5, 0.6) is 23.0 Å². The molecule has 2 rings (SSSR count). The molecule has 0 spiro atoms. The smallest absolute Gasteiger partial charge is 0.200 e. The number of benzene rings is 2. The van der Waals surface area contributed by atoms with Crippen LogP contribution in [-0.4, -0.2) is 32.2 Å². The molecule has 1 N–H and O–H groups in total. The molecule has 2 aromatic carbocycles. The zero-order chi connectivity index (χ0) is 15.4. The molecule has 5 heteroatoms. The number of ketones is 1. The van der Waals surface area contributed by atoms with Crippen molar-refractivity contribution in [3.05, 3.63) is 47.5 Å². The molecule has 0 aliphatic heterocycles. The third-order valence-electron chi connectivity index (χ3n) is 3.10. The Morgan fingerprint density at radius 3 is 2.05 bits per heavy atom. The summed E-state index contributed by atoms with van der Waals surface area (Å²) in [6, 6.07) is 9.43. The Labute approximate surface area is 122 Å². The van der Waals surface area contributed by atoms with Crippen molar-refractivity contribution < 1.29 is 24.1 Å². The fourth-order valence-corrected chi connectivity index (χ4v) is 1.97. The molecular formula is C16H16O5. The number of hydrogen-bond donors (Lipinski definition) is 1. The molecule has 0 radical (unpaired) electrons. The first-order valence-electron chi connectivity index (χ1n) is 6.24. The number of methoxy groups -OCH3 is 3. The lowest BCUT2D eigenvalue weighted by molar-refractivity contribution is 0.103. The third-order valence-corrected chi connectivity index (χ3v) is 3.10. The van der Waals surface area contributed by atoms with E-state index in [1.54, 1.807) is 24.3 Å². The zero-order valence-electron chi connectivity index (χ0n) is 12.0. The van der Waals surface area contributed by atoms with E-state index in [2.05, 4.69) is 0 Å². The molecular weight excluding hydrogens is 272 g/mol. The van der Waals surface area contributed by atoms with Crippen molar-refractivity contribution in [3.8, 4) is 23.0 Å². The number of carbonyl (C=O) groups excluding carboxylic acids is 1. The van der Waals surface area contributed by atoms with Gasteiger partial charge in [0.25, 0.3) is 0 Å². The summed E-state index contributed by atoms with van der Waals surface area (Å²) in [5.41, 5.74) is 0.486. The lowest BCUT2D eigenvalue weighted by atomic mass is 10.0. The second-order valence-electron chi connectivity index (χ2n) is 4.28. The Morgan fingerprint density at radius 1 is 0.857 bits per heavy atom. The van der Waals surface area contributed by atoms with Gasteiger partial charge in [-0.2, -0.15) is 0 Å². The predicted molar refractivity (Wildman–Crippen MR) is 77.6 cm³/mol. The molecule has 0 saturated carbocycles. The average Bonchev–Trinajstić information content (AvgIpc) is 2.53. The van der Waals surface area contributed by atoms with Crippen LogP contribution < -0.4 is 14.2 Å². The van der Waals surface area contributed by atoms with Crippen LogP contribution in [0.2, 0.25) is 0 Å². The molecule has 110 valence electrons. The van der Waals surface area contributed by atoms with E-state index in [1.807, 2.05) is 0 Å². The molecule has 5 nitrogen and oxygen atoms in total. The molecule has 21 heavy (non-hydrogen) atoms. The number of ether oxygens (including phenoxy) is 3. The van der Waals surface area contributed by atoms with Crippen molar-refractivity contribution >= 4 is 5.78 Å². The summed E-state index contributed by atoms with van der Waals surface area (Å²) in [5.74, 6) is 0.917. The zero-order valence-corrected chi connectivity index (χ0v) is 12.0. The Morgan fingerprint density at radius 2 is 1.48 bits per heavy atom. The minimum atomic E-state index is -0.356. The number of phenolic OH excluding ortho intramolecular Hbond substituents is 1. The van der Waals surface area contributed by atoms with E-state index in [0.29, 0.717) is 22.8 Å². The van der Waals surface area contributed by atoms with Crippen molar-refractivity contribution in [2.24, 2.45) is 0 Å². The number of phenols is 1. The summed E-state index contributed by atoms with van der Waals surface area (Å²) in [6.07, 6.45) is 0. The fraction of sp³-hybridized carbons (Fsp3) is 0.188. The second kappa shape index (κ2) is 6.17. The van der Waals surface area contributed by atoms with Crippen LogP contribution in [0.3, 0.4) is 0 Å². The van der Waals surface area contributed by atoms with Gasteiger partial charge in [-0.1, -0.05) is 0 Å². The first-order chi connectivity index (χ1) is 10.1. The van der Waals surface area contributed by atoms with E-state index < -0.39 is 0 Å². The summed E-state index contributed by atoms with van der Waals surface area (Å²) >= 11 is 0. The minimum absolute atomic E-state index is 0.149. The highest BCUT2D eigenvalue weighted by Gasteiger charge is 2.19. The van der Waals surface area contributed by atoms with Crippen LogP contribution in [0, 0.1) is 0 Å². The Balaban J connectivity index is 2.48. The lowest BCUT2D eigenvalue weighted by Crippen LogP contribution is -2.05. The Hall–Kier alpha value is -2.69. The van der Waals surface area contributed by atoms with Crippen molar-refractivity contribution in [1.29, 1.82) is 0 Å². The highest BCUT2D eigenvalue weighted by Crippen LogP contribution is 2.30. The number of hydrogen-bond acceptors (Lipinski definition) is 5. The van der Waals surface area contributed by atoms with Gasteiger partial charge in [-0.05, 0) is 30.3 Å². The van der Waals surface area contributed by atoms with Crippen molar-refractivity contribution in [3.63, 3.8) is 0 Å². The van der Waals surface area contributed by atoms with Crippen LogP contribution in [0.1, 0.15) is 15.9 Å². The van der Waals surface area contributed by atoms with Gasteiger partial charge < -0.3 is 19.3 Å². The fourth-order valence-electron chi connectivity index (χ4n) is 1.97. The highest BCUT2D eigenvalue weighted by molar-refractivity contribution is 6.12. The van der Waals surface area contributed by atoms with Gasteiger partial charge in [0.2, 0.25) is 5.78 Å². The Kier molecular flexibility index (Phi) is 4.33. The summed E-state index contributed by atoms with van der Waals surface area (Å²) in [7, 11) is 4.48. The van der Waals surface area contributed by atoms with Gasteiger partial charge in [0.15, 0.2) is 0 Å². The maximum absolute atomic E-state index is 12.6. The summed E-state index contributed by atoms with van der Waals surface area (Å²) in [5, 5.41) is 9.97. The average molecular weight is 288 g/mol. The van der Waals surface area contributed by atoms with Gasteiger partial charge in [-0.15, -0.1) is 0 Å². The second-order valence-corrected chi connectivity index (χ2v) is 4.28. The molecule has 0 atom stereocenters. The van der Waals surface area contributed by atoms with Crippen molar-refractivity contribution in [2.45, 2.75) is 0 Å². The number of rotatable bonds is 5. The van der Waals surface area contributed by atoms with Crippen LogP contribution in [0.4, 0.5) is 0 Å². The number of aromatic hydroxyl groups is 1. The van der Waals surface area contributed by atoms with Crippen molar-refractivity contribution in [1.82, 2.24) is 0 Å². The largest absolute Gasteiger partial charge is 0.507 e. The summed E-state index contributed by atoms with van der Waals surface area (Å²) in [6.45, 7) is 0. The molecule has 0 heterocycles. The molecule has 0 unspecified atom stereocenters. The van der Waals surface area contributed by atoms with Gasteiger partial charge >= 0.3 is 0 Å². The lowest BCUT2D eigenvalue weighted by Gasteiger charge is -2.11. The first-order valence-corrected chi connectivity index (χ1v) is 6.24. The normalized spacial score (nSPS) is 10.0. The minimum Gasteiger partial charge on any atom is -0.507 e. The van der Waals surface area contributed by atoms with Crippen LogP contribution in [-0.2, 0) is 0 Å². The standard InChI is InChI=1S/C16H16O5/c1-19-10-5-7-15(21-3)13(8-10)16(18)12-6-4-11(20-2)9-14(12)17/h4-9,17H,1-3H3. The van der Waals surface area contributed by atoms with E-state index in [4.69, 9.17) is 14.2 Å². The number of carbonyl (C=O) groups is 1. The van der Waals surface area contributed by atoms with E-state index in [0.717, 1.165) is 0 Å². The summed E-state index contributed by atoms with van der Waals surface area (Å²) in [4.78, 5) is 12.6. The van der Waals surface area contributed by atoms with Crippen LogP contribution in [0.25, 0.3) is 0 Å². The van der Waals surface area contributed by atoms with Crippen LogP contribution >= 0.6 is 0 Å². The van der Waals surface area contributed by atoms with Gasteiger partial charge in [-0.3, -0.25) is 4.79 Å². The highest BCUT2D eigenvalue weighted by atomic mass is 16.5. The van der Waals surface area contributed by atoms with E-state index in [-0.39, 0.29) is 17.1 Å². The topological polar surface area (TPSA) is 65.0 Å². The molecule has 0 amide bonds. The van der Waals surface area contributed by atoms with Gasteiger partial charge in [-0.25, -0.2) is 0 Å². The molecule has 0 saturated heterocycles. The van der Waals surface area contributed by atoms with Gasteiger partial charge in [0, 0.05) is 6.07 Å². The van der Waals surface area contributed by atoms with E-state index in [1.165, 1.54) is 33.5 Å². The van der Waals surface area contributed by atoms with Gasteiger partial charge in [0.05, 0.1) is 32.5 Å². The maximum Gasteiger partial charge on any atom is 0.200 e. The quantitative estimate of drug-likeness (QED) is 0.857.